The zero-order chi connectivity index (χ0) is 21.8. The summed E-state index contributed by atoms with van der Waals surface area (Å²) in [5.41, 5.74) is 12.6. The van der Waals surface area contributed by atoms with Gasteiger partial charge in [-0.05, 0) is 24.5 Å². The summed E-state index contributed by atoms with van der Waals surface area (Å²) in [5, 5.41) is 5.94. The number of hydrogen-bond donors (Lipinski definition) is 4. The quantitative estimate of drug-likeness (QED) is 0.540. The molecule has 0 aromatic heterocycles. The van der Waals surface area contributed by atoms with E-state index in [4.69, 9.17) is 11.6 Å². The van der Waals surface area contributed by atoms with Crippen LogP contribution in [-0.4, -0.2) is 53.1 Å². The molecule has 5 unspecified atom stereocenters. The van der Waals surface area contributed by atoms with Gasteiger partial charge in [-0.25, -0.2) is 10.9 Å². The Hall–Kier alpha value is -2.13. The van der Waals surface area contributed by atoms with E-state index in [2.05, 4.69) is 21.6 Å². The first-order valence-electron chi connectivity index (χ1n) is 11.7. The van der Waals surface area contributed by atoms with Crippen LogP contribution in [0.4, 0.5) is 0 Å². The average molecular weight is 457 g/mol. The van der Waals surface area contributed by atoms with Crippen LogP contribution in [0.15, 0.2) is 35.5 Å². The minimum atomic E-state index is -0.198. The van der Waals surface area contributed by atoms with Gasteiger partial charge in [-0.2, -0.15) is 0 Å². The number of rotatable bonds is 2. The first-order valence-corrected chi connectivity index (χ1v) is 12.1. The van der Waals surface area contributed by atoms with Gasteiger partial charge in [0.2, 0.25) is 5.91 Å². The molecule has 2 amide bonds. The summed E-state index contributed by atoms with van der Waals surface area (Å²) in [7, 11) is 0. The standard InChI is InChI=1S/C23H29ClN6O2/c24-16-7-3-1-5-13(16)19-11-20-25-17-9-10-29(12-15(17)22(31)30(20)28-19)23(32)21-14-6-2-4-8-18(14)26-27-21/h1,3,5,7,14,18-21,25-28H,2,4,6,8-12H2. The third-order valence-corrected chi connectivity index (χ3v) is 8.10. The second-order valence-corrected chi connectivity index (χ2v) is 9.97. The van der Waals surface area contributed by atoms with Gasteiger partial charge in [0.1, 0.15) is 12.2 Å². The van der Waals surface area contributed by atoms with Gasteiger partial charge >= 0.3 is 0 Å². The normalized spacial score (nSPS) is 34.2. The molecule has 1 saturated carbocycles. The number of hydrogen-bond acceptors (Lipinski definition) is 6. The predicted molar refractivity (Wildman–Crippen MR) is 120 cm³/mol. The molecular weight excluding hydrogens is 428 g/mol. The number of halogens is 1. The van der Waals surface area contributed by atoms with E-state index in [1.54, 1.807) is 5.01 Å². The fraction of sp³-hybridized carbons (Fsp3) is 0.565. The van der Waals surface area contributed by atoms with Crippen molar-refractivity contribution in [2.24, 2.45) is 5.92 Å². The zero-order valence-electron chi connectivity index (χ0n) is 17.9. The summed E-state index contributed by atoms with van der Waals surface area (Å²) in [6, 6.07) is 7.90. The van der Waals surface area contributed by atoms with Gasteiger partial charge in [0, 0.05) is 42.1 Å². The Balaban J connectivity index is 1.16. The highest BCUT2D eigenvalue weighted by Crippen LogP contribution is 2.36. The van der Waals surface area contributed by atoms with Crippen molar-refractivity contribution in [2.75, 3.05) is 13.1 Å². The lowest BCUT2D eigenvalue weighted by Crippen LogP contribution is -2.58. The number of benzene rings is 1. The minimum absolute atomic E-state index is 0.0266. The highest BCUT2D eigenvalue weighted by Gasteiger charge is 2.46. The van der Waals surface area contributed by atoms with Crippen LogP contribution < -0.4 is 21.6 Å². The summed E-state index contributed by atoms with van der Waals surface area (Å²) in [4.78, 5) is 28.6. The summed E-state index contributed by atoms with van der Waals surface area (Å²) in [6.07, 6.45) is 5.92. The van der Waals surface area contributed by atoms with Crippen LogP contribution >= 0.6 is 11.6 Å². The van der Waals surface area contributed by atoms with Crippen molar-refractivity contribution >= 4 is 23.4 Å². The third-order valence-electron chi connectivity index (χ3n) is 7.76. The van der Waals surface area contributed by atoms with Gasteiger partial charge < -0.3 is 10.2 Å². The maximum atomic E-state index is 13.4. The Labute approximate surface area is 192 Å². The minimum Gasteiger partial charge on any atom is -0.367 e. The highest BCUT2D eigenvalue weighted by molar-refractivity contribution is 6.31. The molecule has 3 fully saturated rings. The van der Waals surface area contributed by atoms with Gasteiger partial charge in [0.25, 0.3) is 5.91 Å². The van der Waals surface area contributed by atoms with E-state index in [1.165, 1.54) is 12.8 Å². The summed E-state index contributed by atoms with van der Waals surface area (Å²) < 4.78 is 0. The molecule has 1 aromatic rings. The molecule has 5 aliphatic rings. The molecule has 32 heavy (non-hydrogen) atoms. The molecule has 6 rings (SSSR count). The Morgan fingerprint density at radius 1 is 1.12 bits per heavy atom. The molecule has 4 N–H and O–H groups in total. The fourth-order valence-corrected chi connectivity index (χ4v) is 6.32. The summed E-state index contributed by atoms with van der Waals surface area (Å²) >= 11 is 6.40. The number of carbonyl (C=O) groups is 2. The summed E-state index contributed by atoms with van der Waals surface area (Å²) in [5.74, 6) is 0.411. The van der Waals surface area contributed by atoms with Crippen molar-refractivity contribution in [1.29, 1.82) is 0 Å². The van der Waals surface area contributed by atoms with Crippen LogP contribution in [0.5, 0.6) is 0 Å². The molecule has 0 bridgehead atoms. The maximum Gasteiger partial charge on any atom is 0.269 e. The fourth-order valence-electron chi connectivity index (χ4n) is 6.05. The molecule has 170 valence electrons. The first kappa shape index (κ1) is 20.5. The zero-order valence-corrected chi connectivity index (χ0v) is 18.7. The molecule has 2 saturated heterocycles. The Morgan fingerprint density at radius 3 is 2.84 bits per heavy atom. The van der Waals surface area contributed by atoms with Crippen LogP contribution in [-0.2, 0) is 9.59 Å². The number of fused-ring (bicyclic) bond motifs is 2. The lowest BCUT2D eigenvalue weighted by atomic mass is 9.81. The molecule has 0 spiro atoms. The maximum absolute atomic E-state index is 13.4. The van der Waals surface area contributed by atoms with Crippen molar-refractivity contribution < 1.29 is 9.59 Å². The molecule has 1 aromatic carbocycles. The Kier molecular flexibility index (Phi) is 5.13. The van der Waals surface area contributed by atoms with Crippen LogP contribution in [0.25, 0.3) is 0 Å². The van der Waals surface area contributed by atoms with E-state index in [0.29, 0.717) is 42.1 Å². The number of carbonyl (C=O) groups excluding carboxylic acids is 2. The monoisotopic (exact) mass is 456 g/mol. The topological polar surface area (TPSA) is 88.7 Å². The van der Waals surface area contributed by atoms with E-state index in [1.807, 2.05) is 29.2 Å². The van der Waals surface area contributed by atoms with Gasteiger partial charge in [0.15, 0.2) is 0 Å². The molecular formula is C23H29ClN6O2. The average Bonchev–Trinajstić information content (AvgIpc) is 3.43. The molecule has 0 radical (unpaired) electrons. The molecule has 4 aliphatic heterocycles. The SMILES string of the molecule is O=C(C1NNC2CCCCC21)N1CCC2=C(C1)C(=O)N1NC(c3ccccc3Cl)CC1N2. The van der Waals surface area contributed by atoms with E-state index in [-0.39, 0.29) is 30.1 Å². The van der Waals surface area contributed by atoms with Crippen molar-refractivity contribution in [2.45, 2.75) is 62.8 Å². The summed E-state index contributed by atoms with van der Waals surface area (Å²) in [6.45, 7) is 0.999. The molecule has 4 heterocycles. The second kappa shape index (κ2) is 8.02. The number of amides is 2. The van der Waals surface area contributed by atoms with Crippen molar-refractivity contribution in [3.8, 4) is 0 Å². The van der Waals surface area contributed by atoms with Gasteiger partial charge in [-0.1, -0.05) is 42.6 Å². The molecule has 5 atom stereocenters. The first-order chi connectivity index (χ1) is 15.6. The Morgan fingerprint density at radius 2 is 1.97 bits per heavy atom. The van der Waals surface area contributed by atoms with Crippen LogP contribution in [0.2, 0.25) is 5.02 Å². The molecule has 8 nitrogen and oxygen atoms in total. The lowest BCUT2D eigenvalue weighted by Gasteiger charge is -2.40. The van der Waals surface area contributed by atoms with E-state index in [0.717, 1.165) is 30.5 Å². The van der Waals surface area contributed by atoms with Gasteiger partial charge in [-0.3, -0.25) is 20.0 Å². The van der Waals surface area contributed by atoms with Crippen LogP contribution in [0.3, 0.4) is 0 Å². The van der Waals surface area contributed by atoms with Crippen molar-refractivity contribution in [3.63, 3.8) is 0 Å². The second-order valence-electron chi connectivity index (χ2n) is 9.56. The Bertz CT molecular complexity index is 983. The molecule has 9 heteroatoms. The van der Waals surface area contributed by atoms with Crippen LogP contribution in [0.1, 0.15) is 50.1 Å². The highest BCUT2D eigenvalue weighted by atomic mass is 35.5. The number of hydrazine groups is 2. The molecule has 1 aliphatic carbocycles. The van der Waals surface area contributed by atoms with E-state index >= 15 is 0 Å². The van der Waals surface area contributed by atoms with E-state index < -0.39 is 0 Å². The predicted octanol–water partition coefficient (Wildman–Crippen LogP) is 1.57. The van der Waals surface area contributed by atoms with Gasteiger partial charge in [-0.15, -0.1) is 0 Å². The van der Waals surface area contributed by atoms with Crippen molar-refractivity contribution in [3.05, 3.63) is 46.1 Å². The van der Waals surface area contributed by atoms with Gasteiger partial charge in [0.05, 0.1) is 18.2 Å². The smallest absolute Gasteiger partial charge is 0.269 e. The largest absolute Gasteiger partial charge is 0.367 e. The van der Waals surface area contributed by atoms with E-state index in [9.17, 15) is 9.59 Å². The third kappa shape index (κ3) is 3.32. The number of nitrogens with zero attached hydrogens (tertiary/aromatic N) is 2. The number of nitrogens with one attached hydrogen (secondary N) is 4. The van der Waals surface area contributed by atoms with Crippen molar-refractivity contribution in [1.82, 2.24) is 31.5 Å². The van der Waals surface area contributed by atoms with Crippen LogP contribution in [0, 0.1) is 5.92 Å². The lowest BCUT2D eigenvalue weighted by molar-refractivity contribution is -0.136.